The molecule has 1 N–H and O–H groups in total. The molecule has 1 aliphatic carbocycles. The highest BCUT2D eigenvalue weighted by molar-refractivity contribution is 5.70. The summed E-state index contributed by atoms with van der Waals surface area (Å²) in [6.45, 7) is 1.97. The van der Waals surface area contributed by atoms with Crippen molar-refractivity contribution in [1.29, 1.82) is 0 Å². The van der Waals surface area contributed by atoms with E-state index < -0.39 is 0 Å². The van der Waals surface area contributed by atoms with Crippen molar-refractivity contribution in [2.45, 2.75) is 51.0 Å². The summed E-state index contributed by atoms with van der Waals surface area (Å²) in [4.78, 5) is 0. The molecular formula is C29H29NO2. The molecule has 32 heavy (non-hydrogen) atoms. The average molecular weight is 424 g/mol. The highest BCUT2D eigenvalue weighted by Gasteiger charge is 2.23. The largest absolute Gasteiger partial charge is 0.393 e. The molecule has 0 aliphatic heterocycles. The number of nitrogens with zero attached hydrogens (tertiary/aromatic N) is 1. The van der Waals surface area contributed by atoms with Crippen LogP contribution in [0.2, 0.25) is 0 Å². The lowest BCUT2D eigenvalue weighted by molar-refractivity contribution is 0.165. The van der Waals surface area contributed by atoms with Gasteiger partial charge in [0, 0.05) is 11.1 Å². The Morgan fingerprint density at radius 1 is 0.875 bits per heavy atom. The van der Waals surface area contributed by atoms with Crippen LogP contribution >= 0.6 is 0 Å². The lowest BCUT2D eigenvalue weighted by Crippen LogP contribution is -2.12. The van der Waals surface area contributed by atoms with Gasteiger partial charge in [-0.25, -0.2) is 0 Å². The van der Waals surface area contributed by atoms with Gasteiger partial charge in [-0.15, -0.1) is 0 Å². The van der Waals surface area contributed by atoms with Gasteiger partial charge in [-0.3, -0.25) is 0 Å². The third-order valence-electron chi connectivity index (χ3n) is 6.47. The van der Waals surface area contributed by atoms with E-state index in [4.69, 9.17) is 4.52 Å². The number of rotatable bonds is 8. The zero-order valence-electron chi connectivity index (χ0n) is 18.5. The fourth-order valence-corrected chi connectivity index (χ4v) is 4.39. The first kappa shape index (κ1) is 20.7. The molecule has 1 fully saturated rings. The van der Waals surface area contributed by atoms with Crippen molar-refractivity contribution in [3.05, 3.63) is 101 Å². The fourth-order valence-electron chi connectivity index (χ4n) is 4.39. The minimum Gasteiger partial charge on any atom is -0.393 e. The van der Waals surface area contributed by atoms with E-state index >= 15 is 0 Å². The second-order valence-corrected chi connectivity index (χ2v) is 8.93. The molecule has 1 saturated carbocycles. The van der Waals surface area contributed by atoms with Gasteiger partial charge in [0.25, 0.3) is 0 Å². The van der Waals surface area contributed by atoms with Gasteiger partial charge in [-0.2, -0.15) is 0 Å². The number of aliphatic hydroxyl groups excluding tert-OH is 1. The summed E-state index contributed by atoms with van der Waals surface area (Å²) in [5, 5.41) is 14.7. The predicted molar refractivity (Wildman–Crippen MR) is 129 cm³/mol. The van der Waals surface area contributed by atoms with Crippen molar-refractivity contribution < 1.29 is 9.63 Å². The first-order chi connectivity index (χ1) is 15.7. The Bertz CT molecular complexity index is 1160. The summed E-state index contributed by atoms with van der Waals surface area (Å²) < 4.78 is 5.70. The Morgan fingerprint density at radius 2 is 1.50 bits per heavy atom. The molecule has 1 aliphatic rings. The van der Waals surface area contributed by atoms with Crippen LogP contribution in [0, 0.1) is 6.92 Å². The normalized spacial score (nSPS) is 14.4. The molecule has 3 aromatic carbocycles. The maximum Gasteiger partial charge on any atom is 0.170 e. The van der Waals surface area contributed by atoms with Gasteiger partial charge in [0.1, 0.15) is 0 Å². The van der Waals surface area contributed by atoms with Crippen molar-refractivity contribution >= 4 is 0 Å². The molecule has 4 aromatic rings. The lowest BCUT2D eigenvalue weighted by atomic mass is 9.97. The number of hydrogen-bond acceptors (Lipinski definition) is 3. The molecule has 0 saturated heterocycles. The van der Waals surface area contributed by atoms with Crippen LogP contribution in [0.4, 0.5) is 0 Å². The minimum absolute atomic E-state index is 0.388. The maximum absolute atomic E-state index is 10.5. The van der Waals surface area contributed by atoms with Crippen molar-refractivity contribution in [3.63, 3.8) is 0 Å². The average Bonchev–Trinajstić information content (AvgIpc) is 3.61. The molecule has 3 heteroatoms. The molecule has 5 rings (SSSR count). The third-order valence-corrected chi connectivity index (χ3v) is 6.47. The fraction of sp³-hybridized carbons (Fsp3) is 0.276. The number of aromatic nitrogens is 1. The van der Waals surface area contributed by atoms with Gasteiger partial charge in [-0.05, 0) is 67.2 Å². The van der Waals surface area contributed by atoms with E-state index in [2.05, 4.69) is 65.8 Å². The highest BCUT2D eigenvalue weighted by Crippen LogP contribution is 2.40. The Kier molecular flexibility index (Phi) is 5.91. The molecule has 3 nitrogen and oxygen atoms in total. The number of aliphatic hydroxyl groups is 1. The molecule has 0 bridgehead atoms. The monoisotopic (exact) mass is 423 g/mol. The number of benzene rings is 3. The molecule has 1 atom stereocenters. The van der Waals surface area contributed by atoms with E-state index in [-0.39, 0.29) is 6.10 Å². The summed E-state index contributed by atoms with van der Waals surface area (Å²) in [5.74, 6) is 1.59. The molecule has 0 spiro atoms. The van der Waals surface area contributed by atoms with E-state index in [1.165, 1.54) is 29.5 Å². The predicted octanol–water partition coefficient (Wildman–Crippen LogP) is 6.73. The first-order valence-electron chi connectivity index (χ1n) is 11.6. The molecule has 162 valence electrons. The molecule has 1 heterocycles. The lowest BCUT2D eigenvalue weighted by Gasteiger charge is -2.11. The van der Waals surface area contributed by atoms with Gasteiger partial charge in [0.2, 0.25) is 0 Å². The minimum atomic E-state index is -0.388. The first-order valence-corrected chi connectivity index (χ1v) is 11.6. The molecule has 0 amide bonds. The number of hydrogen-bond donors (Lipinski definition) is 1. The molecule has 1 aromatic heterocycles. The van der Waals surface area contributed by atoms with Crippen LogP contribution in [-0.2, 0) is 12.8 Å². The van der Waals surface area contributed by atoms with Crippen LogP contribution in [0.1, 0.15) is 47.6 Å². The van der Waals surface area contributed by atoms with E-state index in [0.717, 1.165) is 40.5 Å². The summed E-state index contributed by atoms with van der Waals surface area (Å²) >= 11 is 0. The van der Waals surface area contributed by atoms with Crippen LogP contribution in [0.25, 0.3) is 22.5 Å². The number of aryl methyl sites for hydroxylation is 1. The second kappa shape index (κ2) is 9.13. The van der Waals surface area contributed by atoms with Gasteiger partial charge in [-0.1, -0.05) is 84.0 Å². The standard InChI is InChI=1S/C29H29NO2/c1-20-28(18-17-27(31)19-21-5-3-2-4-6-21)29(32-30-20)26-15-13-25(14-16-26)24-11-9-23(10-12-24)22-7-8-22/h2-6,9-16,22,27,31H,7-8,17-19H2,1H3. The topological polar surface area (TPSA) is 46.3 Å². The SMILES string of the molecule is Cc1noc(-c2ccc(-c3ccc(C4CC4)cc3)cc2)c1CCC(O)Cc1ccccc1. The zero-order valence-corrected chi connectivity index (χ0v) is 18.5. The van der Waals surface area contributed by atoms with Crippen molar-refractivity contribution in [3.8, 4) is 22.5 Å². The van der Waals surface area contributed by atoms with Crippen molar-refractivity contribution in [1.82, 2.24) is 5.16 Å². The van der Waals surface area contributed by atoms with Gasteiger partial charge < -0.3 is 9.63 Å². The van der Waals surface area contributed by atoms with Crippen molar-refractivity contribution in [2.24, 2.45) is 0 Å². The van der Waals surface area contributed by atoms with E-state index in [9.17, 15) is 5.11 Å². The van der Waals surface area contributed by atoms with Crippen LogP contribution in [0.5, 0.6) is 0 Å². The molecular weight excluding hydrogens is 394 g/mol. The second-order valence-electron chi connectivity index (χ2n) is 8.93. The summed E-state index contributed by atoms with van der Waals surface area (Å²) in [7, 11) is 0. The maximum atomic E-state index is 10.5. The summed E-state index contributed by atoms with van der Waals surface area (Å²) in [5.41, 5.74) is 8.05. The van der Waals surface area contributed by atoms with E-state index in [1.807, 2.05) is 25.1 Å². The van der Waals surface area contributed by atoms with E-state index in [1.54, 1.807) is 0 Å². The smallest absolute Gasteiger partial charge is 0.170 e. The molecule has 1 unspecified atom stereocenters. The Hall–Kier alpha value is -3.17. The van der Waals surface area contributed by atoms with Gasteiger partial charge >= 0.3 is 0 Å². The Morgan fingerprint density at radius 3 is 2.16 bits per heavy atom. The zero-order chi connectivity index (χ0) is 21.9. The molecule has 0 radical (unpaired) electrons. The van der Waals surface area contributed by atoms with E-state index in [0.29, 0.717) is 12.8 Å². The van der Waals surface area contributed by atoms with Crippen LogP contribution in [-0.4, -0.2) is 16.4 Å². The third kappa shape index (κ3) is 4.68. The highest BCUT2D eigenvalue weighted by atomic mass is 16.5. The Balaban J connectivity index is 1.27. The van der Waals surface area contributed by atoms with Crippen molar-refractivity contribution in [2.75, 3.05) is 0 Å². The van der Waals surface area contributed by atoms with Gasteiger partial charge in [0.15, 0.2) is 5.76 Å². The quantitative estimate of drug-likeness (QED) is 0.342. The Labute approximate surface area is 189 Å². The van der Waals surface area contributed by atoms with Crippen LogP contribution < -0.4 is 0 Å². The van der Waals surface area contributed by atoms with Gasteiger partial charge in [0.05, 0.1) is 11.8 Å². The summed E-state index contributed by atoms with van der Waals surface area (Å²) in [6, 6.07) is 27.6. The van der Waals surface area contributed by atoms with Crippen LogP contribution in [0.15, 0.2) is 83.4 Å². The summed E-state index contributed by atoms with van der Waals surface area (Å²) in [6.07, 6.45) is 4.35. The van der Waals surface area contributed by atoms with Crippen LogP contribution in [0.3, 0.4) is 0 Å².